The molecule has 4 heteroatoms. The molecule has 0 unspecified atom stereocenters. The molecule has 1 saturated heterocycles. The topological polar surface area (TPSA) is 51.5 Å². The number of rotatable bonds is 8. The highest BCUT2D eigenvalue weighted by Gasteiger charge is 2.42. The third-order valence-electron chi connectivity index (χ3n) is 6.16. The smallest absolute Gasteiger partial charge is 0.220 e. The molecular formula is C22H37NO3. The van der Waals surface area contributed by atoms with E-state index in [1.165, 1.54) is 0 Å². The summed E-state index contributed by atoms with van der Waals surface area (Å²) in [4.78, 5) is 12.5. The van der Waals surface area contributed by atoms with Gasteiger partial charge in [-0.2, -0.15) is 0 Å². The van der Waals surface area contributed by atoms with Crippen LogP contribution >= 0.6 is 0 Å². The van der Waals surface area contributed by atoms with Crippen LogP contribution < -0.4 is 5.32 Å². The maximum absolute atomic E-state index is 12.5. The van der Waals surface area contributed by atoms with Crippen molar-refractivity contribution in [2.45, 2.75) is 78.7 Å². The van der Waals surface area contributed by atoms with E-state index in [9.17, 15) is 4.79 Å². The molecular weight excluding hydrogens is 326 g/mol. The molecule has 1 aliphatic heterocycles. The second kappa shape index (κ2) is 8.60. The number of furan rings is 1. The summed E-state index contributed by atoms with van der Waals surface area (Å²) in [5.74, 6) is 2.09. The van der Waals surface area contributed by atoms with E-state index in [0.29, 0.717) is 18.3 Å². The summed E-state index contributed by atoms with van der Waals surface area (Å²) in [6.45, 7) is 14.8. The van der Waals surface area contributed by atoms with Gasteiger partial charge in [-0.25, -0.2) is 0 Å². The maximum Gasteiger partial charge on any atom is 0.220 e. The summed E-state index contributed by atoms with van der Waals surface area (Å²) in [5.41, 5.74) is 0.169. The molecule has 26 heavy (non-hydrogen) atoms. The van der Waals surface area contributed by atoms with Crippen LogP contribution in [-0.4, -0.2) is 24.7 Å². The van der Waals surface area contributed by atoms with Crippen molar-refractivity contribution >= 4 is 5.91 Å². The van der Waals surface area contributed by atoms with Crippen LogP contribution in [0.4, 0.5) is 0 Å². The fourth-order valence-corrected chi connectivity index (χ4v) is 4.40. The van der Waals surface area contributed by atoms with Crippen molar-refractivity contribution in [3.05, 3.63) is 24.2 Å². The van der Waals surface area contributed by atoms with E-state index in [2.05, 4.69) is 46.9 Å². The second-order valence-electron chi connectivity index (χ2n) is 9.22. The molecule has 0 bridgehead atoms. The molecule has 2 heterocycles. The predicted octanol–water partition coefficient (Wildman–Crippen LogP) is 5.15. The molecule has 1 aromatic rings. The summed E-state index contributed by atoms with van der Waals surface area (Å²) in [6.07, 6.45) is 5.30. The van der Waals surface area contributed by atoms with Gasteiger partial charge in [0.1, 0.15) is 5.76 Å². The molecule has 0 spiro atoms. The van der Waals surface area contributed by atoms with Gasteiger partial charge < -0.3 is 14.5 Å². The average Bonchev–Trinajstić information content (AvgIpc) is 3.05. The number of amides is 1. The van der Waals surface area contributed by atoms with Gasteiger partial charge in [-0.05, 0) is 62.5 Å². The Balaban J connectivity index is 1.90. The van der Waals surface area contributed by atoms with E-state index in [1.807, 2.05) is 12.1 Å². The number of ether oxygens (including phenoxy) is 1. The van der Waals surface area contributed by atoms with Gasteiger partial charge in [-0.15, -0.1) is 0 Å². The van der Waals surface area contributed by atoms with Crippen molar-refractivity contribution in [3.63, 3.8) is 0 Å². The molecule has 1 fully saturated rings. The Morgan fingerprint density at radius 1 is 1.27 bits per heavy atom. The van der Waals surface area contributed by atoms with Gasteiger partial charge in [0.05, 0.1) is 11.9 Å². The minimum Gasteiger partial charge on any atom is -0.469 e. The number of hydrogen-bond acceptors (Lipinski definition) is 3. The van der Waals surface area contributed by atoms with E-state index < -0.39 is 0 Å². The van der Waals surface area contributed by atoms with Gasteiger partial charge in [0.15, 0.2) is 0 Å². The molecule has 148 valence electrons. The molecule has 4 nitrogen and oxygen atoms in total. The van der Waals surface area contributed by atoms with Crippen LogP contribution in [0.1, 0.15) is 78.9 Å². The third-order valence-corrected chi connectivity index (χ3v) is 6.16. The summed E-state index contributed by atoms with van der Waals surface area (Å²) < 4.78 is 11.5. The Bertz CT molecular complexity index is 562. The van der Waals surface area contributed by atoms with Crippen molar-refractivity contribution in [2.75, 3.05) is 13.2 Å². The van der Waals surface area contributed by atoms with Crippen molar-refractivity contribution < 1.29 is 13.9 Å². The van der Waals surface area contributed by atoms with E-state index >= 15 is 0 Å². The van der Waals surface area contributed by atoms with Gasteiger partial charge in [-0.3, -0.25) is 4.79 Å². The Morgan fingerprint density at radius 3 is 2.54 bits per heavy atom. The minimum atomic E-state index is -0.0748. The molecule has 0 saturated carbocycles. The number of carbonyl (C=O) groups excluding carboxylic acids is 1. The fraction of sp³-hybridized carbons (Fsp3) is 0.773. The number of nitrogens with one attached hydrogen (secondary N) is 1. The van der Waals surface area contributed by atoms with Gasteiger partial charge in [0.25, 0.3) is 0 Å². The zero-order chi connectivity index (χ0) is 19.4. The minimum absolute atomic E-state index is 0.0748. The Morgan fingerprint density at radius 2 is 2.00 bits per heavy atom. The first kappa shape index (κ1) is 21.0. The molecule has 0 aliphatic carbocycles. The first-order valence-electron chi connectivity index (χ1n) is 10.1. The molecule has 1 amide bonds. The molecule has 2 rings (SSSR count). The monoisotopic (exact) mass is 363 g/mol. The standard InChI is InChI=1S/C22H37NO3/c1-16(2)18(19-8-7-12-25-19)14-20(24)23-11-9-22(17(3)4)10-13-26-21(5,6)15-22/h7-8,12,16-18H,9-11,13-15H2,1-6H3,(H,23,24)/t18-,22+/m1/s1. The lowest BCUT2D eigenvalue weighted by atomic mass is 9.65. The zero-order valence-electron chi connectivity index (χ0n) is 17.4. The number of hydrogen-bond donors (Lipinski definition) is 1. The van der Waals surface area contributed by atoms with Crippen molar-refractivity contribution in [1.82, 2.24) is 5.32 Å². The van der Waals surface area contributed by atoms with Crippen LogP contribution in [0.3, 0.4) is 0 Å². The van der Waals surface area contributed by atoms with Crippen LogP contribution in [0.2, 0.25) is 0 Å². The zero-order valence-corrected chi connectivity index (χ0v) is 17.4. The first-order chi connectivity index (χ1) is 12.2. The fourth-order valence-electron chi connectivity index (χ4n) is 4.40. The second-order valence-corrected chi connectivity index (χ2v) is 9.22. The van der Waals surface area contributed by atoms with E-state index in [-0.39, 0.29) is 22.8 Å². The van der Waals surface area contributed by atoms with Gasteiger partial charge >= 0.3 is 0 Å². The van der Waals surface area contributed by atoms with Gasteiger partial charge in [-0.1, -0.05) is 27.7 Å². The molecule has 0 radical (unpaired) electrons. The quantitative estimate of drug-likeness (QED) is 0.695. The number of carbonyl (C=O) groups is 1. The Labute approximate surface area is 159 Å². The van der Waals surface area contributed by atoms with E-state index in [0.717, 1.165) is 38.2 Å². The average molecular weight is 364 g/mol. The summed E-state index contributed by atoms with van der Waals surface area (Å²) in [7, 11) is 0. The van der Waals surface area contributed by atoms with Crippen LogP contribution in [0.5, 0.6) is 0 Å². The van der Waals surface area contributed by atoms with E-state index in [1.54, 1.807) is 6.26 Å². The van der Waals surface area contributed by atoms with Crippen LogP contribution in [0.15, 0.2) is 22.8 Å². The SMILES string of the molecule is CC(C)[C@@H](CC(=O)NCC[C@]1(C(C)C)CCOC(C)(C)C1)c1ccco1. The highest BCUT2D eigenvalue weighted by atomic mass is 16.5. The third kappa shape index (κ3) is 5.35. The lowest BCUT2D eigenvalue weighted by molar-refractivity contribution is -0.125. The molecule has 0 aromatic carbocycles. The highest BCUT2D eigenvalue weighted by Crippen LogP contribution is 2.46. The summed E-state index contributed by atoms with van der Waals surface area (Å²) in [6, 6.07) is 3.86. The van der Waals surface area contributed by atoms with Crippen molar-refractivity contribution in [2.24, 2.45) is 17.3 Å². The van der Waals surface area contributed by atoms with Gasteiger partial charge in [0, 0.05) is 25.5 Å². The van der Waals surface area contributed by atoms with Crippen molar-refractivity contribution in [1.29, 1.82) is 0 Å². The Kier molecular flexibility index (Phi) is 6.95. The largest absolute Gasteiger partial charge is 0.469 e. The van der Waals surface area contributed by atoms with Crippen LogP contribution in [0.25, 0.3) is 0 Å². The molecule has 2 atom stereocenters. The van der Waals surface area contributed by atoms with Gasteiger partial charge in [0.2, 0.25) is 5.91 Å². The van der Waals surface area contributed by atoms with Crippen molar-refractivity contribution in [3.8, 4) is 0 Å². The van der Waals surface area contributed by atoms with E-state index in [4.69, 9.17) is 9.15 Å². The highest BCUT2D eigenvalue weighted by molar-refractivity contribution is 5.76. The lowest BCUT2D eigenvalue weighted by Crippen LogP contribution is -2.45. The normalized spacial score (nSPS) is 24.0. The van der Waals surface area contributed by atoms with Crippen LogP contribution in [-0.2, 0) is 9.53 Å². The predicted molar refractivity (Wildman–Crippen MR) is 105 cm³/mol. The summed E-state index contributed by atoms with van der Waals surface area (Å²) >= 11 is 0. The lowest BCUT2D eigenvalue weighted by Gasteiger charge is -2.47. The first-order valence-corrected chi connectivity index (χ1v) is 10.1. The molecule has 1 aromatic heterocycles. The molecule has 1 aliphatic rings. The summed E-state index contributed by atoms with van der Waals surface area (Å²) in [5, 5.41) is 3.16. The Hall–Kier alpha value is -1.29. The van der Waals surface area contributed by atoms with Crippen LogP contribution in [0, 0.1) is 17.3 Å². The maximum atomic E-state index is 12.5. The molecule has 1 N–H and O–H groups in total.